The minimum atomic E-state index is -4.99. The highest BCUT2D eigenvalue weighted by molar-refractivity contribution is 5.76. The minimum absolute atomic E-state index is 0.0393. The molecule has 1 amide bonds. The number of nitrogens with zero attached hydrogens (tertiary/aromatic N) is 1. The molecule has 0 spiro atoms. The number of alkyl halides is 3. The Hall–Kier alpha value is -3.08. The molecule has 3 N–H and O–H groups in total. The third-order valence-electron chi connectivity index (χ3n) is 4.19. The first-order valence-electron chi connectivity index (χ1n) is 8.64. The summed E-state index contributed by atoms with van der Waals surface area (Å²) in [5, 5.41) is 26.1. The van der Waals surface area contributed by atoms with Crippen LogP contribution in [0.5, 0.6) is 0 Å². The van der Waals surface area contributed by atoms with E-state index >= 15 is 0 Å². The minimum Gasteiger partial charge on any atom is -0.463 e. The molecule has 2 aromatic rings. The average Bonchev–Trinajstić information content (AvgIpc) is 3.07. The predicted molar refractivity (Wildman–Crippen MR) is 97.2 cm³/mol. The standard InChI is InChI=1S/C18H20F3N3O5/c1-12-6-7-15(29-12)17(26,18(19,20)21)9-11-23-16(25)8-10-22-13-4-2-3-5-14(13)24(27)28/h2-7,22,26H,8-11H2,1H3,(H,23,25)/t17-/m1/s1. The van der Waals surface area contributed by atoms with Gasteiger partial charge in [0.25, 0.3) is 5.69 Å². The van der Waals surface area contributed by atoms with E-state index < -0.39 is 41.3 Å². The molecule has 0 unspecified atom stereocenters. The number of nitro benzene ring substituents is 1. The third-order valence-corrected chi connectivity index (χ3v) is 4.19. The molecule has 8 nitrogen and oxygen atoms in total. The second-order valence-electron chi connectivity index (χ2n) is 6.32. The Bertz CT molecular complexity index is 868. The number of benzene rings is 1. The van der Waals surface area contributed by atoms with Crippen LogP contribution in [0.4, 0.5) is 24.5 Å². The number of furan rings is 1. The number of aliphatic hydroxyl groups is 1. The van der Waals surface area contributed by atoms with Crippen molar-refractivity contribution < 1.29 is 32.4 Å². The Morgan fingerprint density at radius 2 is 1.90 bits per heavy atom. The van der Waals surface area contributed by atoms with E-state index in [9.17, 15) is 33.2 Å². The Kier molecular flexibility index (Phi) is 6.85. The lowest BCUT2D eigenvalue weighted by atomic mass is 9.95. The van der Waals surface area contributed by atoms with Crippen LogP contribution in [0.3, 0.4) is 0 Å². The molecule has 0 saturated carbocycles. The molecule has 29 heavy (non-hydrogen) atoms. The van der Waals surface area contributed by atoms with Gasteiger partial charge in [-0.2, -0.15) is 13.2 Å². The molecule has 0 aliphatic heterocycles. The molecule has 1 atom stereocenters. The van der Waals surface area contributed by atoms with E-state index in [0.29, 0.717) is 0 Å². The van der Waals surface area contributed by atoms with Crippen molar-refractivity contribution in [3.8, 4) is 0 Å². The van der Waals surface area contributed by atoms with Crippen LogP contribution in [0.15, 0.2) is 40.8 Å². The molecule has 1 aromatic carbocycles. The fourth-order valence-corrected chi connectivity index (χ4v) is 2.63. The summed E-state index contributed by atoms with van der Waals surface area (Å²) in [5.74, 6) is -1.00. The van der Waals surface area contributed by atoms with E-state index in [2.05, 4.69) is 10.6 Å². The SMILES string of the molecule is Cc1ccc([C@](O)(CCNC(=O)CCNc2ccccc2[N+](=O)[O-])C(F)(F)F)o1. The van der Waals surface area contributed by atoms with E-state index in [1.54, 1.807) is 6.07 Å². The third kappa shape index (κ3) is 5.47. The molecule has 1 aromatic heterocycles. The van der Waals surface area contributed by atoms with Gasteiger partial charge in [0, 0.05) is 32.0 Å². The summed E-state index contributed by atoms with van der Waals surface area (Å²) >= 11 is 0. The number of hydrogen-bond donors (Lipinski definition) is 3. The number of carbonyl (C=O) groups is 1. The van der Waals surface area contributed by atoms with Crippen LogP contribution in [0, 0.1) is 17.0 Å². The van der Waals surface area contributed by atoms with Gasteiger partial charge >= 0.3 is 6.18 Å². The summed E-state index contributed by atoms with van der Waals surface area (Å²) in [6.07, 6.45) is -5.95. The van der Waals surface area contributed by atoms with Crippen LogP contribution in [-0.2, 0) is 10.4 Å². The van der Waals surface area contributed by atoms with Crippen LogP contribution >= 0.6 is 0 Å². The second-order valence-corrected chi connectivity index (χ2v) is 6.32. The fourth-order valence-electron chi connectivity index (χ4n) is 2.63. The van der Waals surface area contributed by atoms with Crippen molar-refractivity contribution in [1.29, 1.82) is 0 Å². The number of hydrogen-bond acceptors (Lipinski definition) is 6. The van der Waals surface area contributed by atoms with Crippen molar-refractivity contribution in [3.05, 3.63) is 58.0 Å². The highest BCUT2D eigenvalue weighted by Gasteiger charge is 2.56. The van der Waals surface area contributed by atoms with Gasteiger partial charge in [0.2, 0.25) is 11.5 Å². The molecule has 0 fully saturated rings. The zero-order valence-corrected chi connectivity index (χ0v) is 15.5. The van der Waals surface area contributed by atoms with Gasteiger partial charge in [-0.1, -0.05) is 12.1 Å². The molecule has 0 bridgehead atoms. The monoisotopic (exact) mass is 415 g/mol. The lowest BCUT2D eigenvalue weighted by molar-refractivity contribution is -0.384. The highest BCUT2D eigenvalue weighted by Crippen LogP contribution is 2.42. The Labute approximate surface area is 163 Å². The van der Waals surface area contributed by atoms with Gasteiger partial charge in [0.05, 0.1) is 4.92 Å². The zero-order chi connectivity index (χ0) is 21.7. The average molecular weight is 415 g/mol. The summed E-state index contributed by atoms with van der Waals surface area (Å²) in [5.41, 5.74) is -3.15. The van der Waals surface area contributed by atoms with Gasteiger partial charge in [-0.15, -0.1) is 0 Å². The maximum absolute atomic E-state index is 13.3. The maximum Gasteiger partial charge on any atom is 0.424 e. The van der Waals surface area contributed by atoms with Crippen molar-refractivity contribution in [2.24, 2.45) is 0 Å². The topological polar surface area (TPSA) is 118 Å². The van der Waals surface area contributed by atoms with Gasteiger partial charge in [-0.05, 0) is 25.1 Å². The Morgan fingerprint density at radius 3 is 2.48 bits per heavy atom. The lowest BCUT2D eigenvalue weighted by Crippen LogP contribution is -2.44. The van der Waals surface area contributed by atoms with Crippen LogP contribution in [0.1, 0.15) is 24.4 Å². The maximum atomic E-state index is 13.3. The first-order chi connectivity index (χ1) is 13.5. The summed E-state index contributed by atoms with van der Waals surface area (Å²) < 4.78 is 44.9. The summed E-state index contributed by atoms with van der Waals surface area (Å²) in [7, 11) is 0. The van der Waals surface area contributed by atoms with Crippen molar-refractivity contribution >= 4 is 17.3 Å². The Balaban J connectivity index is 1.86. The van der Waals surface area contributed by atoms with Crippen LogP contribution in [0.25, 0.3) is 0 Å². The largest absolute Gasteiger partial charge is 0.463 e. The Morgan fingerprint density at radius 1 is 1.21 bits per heavy atom. The summed E-state index contributed by atoms with van der Waals surface area (Å²) in [6, 6.07) is 8.21. The smallest absolute Gasteiger partial charge is 0.424 e. The predicted octanol–water partition coefficient (Wildman–Crippen LogP) is 3.25. The number of halogens is 3. The van der Waals surface area contributed by atoms with Crippen molar-refractivity contribution in [3.63, 3.8) is 0 Å². The molecule has 0 aliphatic rings. The van der Waals surface area contributed by atoms with Crippen LogP contribution in [0.2, 0.25) is 0 Å². The van der Waals surface area contributed by atoms with E-state index in [1.165, 1.54) is 31.2 Å². The van der Waals surface area contributed by atoms with E-state index in [0.717, 1.165) is 6.07 Å². The number of para-hydroxylation sites is 2. The van der Waals surface area contributed by atoms with Gasteiger partial charge in [0.1, 0.15) is 17.2 Å². The molecule has 0 saturated heterocycles. The molecule has 1 heterocycles. The molecule has 11 heteroatoms. The number of rotatable bonds is 9. The first-order valence-corrected chi connectivity index (χ1v) is 8.64. The normalized spacial score (nSPS) is 13.6. The number of nitrogens with one attached hydrogen (secondary N) is 2. The van der Waals surface area contributed by atoms with Crippen molar-refractivity contribution in [2.45, 2.75) is 31.5 Å². The molecule has 0 aliphatic carbocycles. The van der Waals surface area contributed by atoms with Gasteiger partial charge in [0.15, 0.2) is 0 Å². The van der Waals surface area contributed by atoms with Gasteiger partial charge in [-0.25, -0.2) is 0 Å². The van der Waals surface area contributed by atoms with Gasteiger partial charge in [-0.3, -0.25) is 14.9 Å². The number of anilines is 1. The van der Waals surface area contributed by atoms with Crippen LogP contribution < -0.4 is 10.6 Å². The highest BCUT2D eigenvalue weighted by atomic mass is 19.4. The molecule has 0 radical (unpaired) electrons. The fraction of sp³-hybridized carbons (Fsp3) is 0.389. The second kappa shape index (κ2) is 8.95. The number of amides is 1. The van der Waals surface area contributed by atoms with Crippen molar-refractivity contribution in [2.75, 3.05) is 18.4 Å². The number of carbonyl (C=O) groups excluding carboxylic acids is 1. The molecular formula is C18H20F3N3O5. The van der Waals surface area contributed by atoms with E-state index in [-0.39, 0.29) is 30.1 Å². The number of nitro groups is 1. The number of aryl methyl sites for hydroxylation is 1. The van der Waals surface area contributed by atoms with E-state index in [1.807, 2.05) is 0 Å². The molecule has 2 rings (SSSR count). The lowest BCUT2D eigenvalue weighted by Gasteiger charge is -2.28. The van der Waals surface area contributed by atoms with E-state index in [4.69, 9.17) is 4.42 Å². The first kappa shape index (κ1) is 22.2. The summed E-state index contributed by atoms with van der Waals surface area (Å²) in [6.45, 7) is 1.05. The molecular weight excluding hydrogens is 395 g/mol. The summed E-state index contributed by atoms with van der Waals surface area (Å²) in [4.78, 5) is 22.2. The molecule has 158 valence electrons. The quantitative estimate of drug-likeness (QED) is 0.427. The van der Waals surface area contributed by atoms with Crippen LogP contribution in [-0.4, -0.2) is 35.2 Å². The zero-order valence-electron chi connectivity index (χ0n) is 15.5. The van der Waals surface area contributed by atoms with Gasteiger partial charge < -0.3 is 20.2 Å². The van der Waals surface area contributed by atoms with Crippen molar-refractivity contribution in [1.82, 2.24) is 5.32 Å².